The molecule has 37 heavy (non-hydrogen) atoms. The normalized spacial score (nSPS) is 21.6. The van der Waals surface area contributed by atoms with Gasteiger partial charge in [-0.05, 0) is 34.1 Å². The summed E-state index contributed by atoms with van der Waals surface area (Å²) in [5.41, 5.74) is 6.53. The van der Waals surface area contributed by atoms with Crippen molar-refractivity contribution < 1.29 is 27.5 Å². The molecule has 12 heteroatoms. The number of carbonyl (C=O) groups excluding carboxylic acids is 2. The average Bonchev–Trinajstić information content (AvgIpc) is 3.22. The number of rotatable bonds is 3. The maximum Gasteiger partial charge on any atom is 0.410 e. The topological polar surface area (TPSA) is 104 Å². The molecule has 0 saturated carbocycles. The van der Waals surface area contributed by atoms with Gasteiger partial charge in [0.2, 0.25) is 0 Å². The molecule has 3 N–H and O–H groups in total. The van der Waals surface area contributed by atoms with Crippen molar-refractivity contribution in [1.82, 2.24) is 14.7 Å². The molecule has 4 rings (SSSR count). The highest BCUT2D eigenvalue weighted by atomic mass is 19.2. The Bertz CT molecular complexity index is 1120. The summed E-state index contributed by atoms with van der Waals surface area (Å²) in [6.07, 6.45) is 2.03. The van der Waals surface area contributed by atoms with Crippen LogP contribution in [0.3, 0.4) is 0 Å². The van der Waals surface area contributed by atoms with E-state index >= 15 is 0 Å². The number of hydrogen-bond donors (Lipinski definition) is 2. The van der Waals surface area contributed by atoms with Crippen molar-refractivity contribution in [3.63, 3.8) is 0 Å². The van der Waals surface area contributed by atoms with Gasteiger partial charge in [-0.15, -0.1) is 0 Å². The summed E-state index contributed by atoms with van der Waals surface area (Å²) < 4.78 is 45.9. The van der Waals surface area contributed by atoms with E-state index < -0.39 is 29.1 Å². The van der Waals surface area contributed by atoms with Crippen molar-refractivity contribution in [3.05, 3.63) is 41.5 Å². The van der Waals surface area contributed by atoms with Gasteiger partial charge in [0.1, 0.15) is 5.60 Å². The molecule has 0 aromatic heterocycles. The fourth-order valence-corrected chi connectivity index (χ4v) is 4.97. The smallest absolute Gasteiger partial charge is 0.410 e. The number of nitrogens with zero attached hydrogens (tertiary/aromatic N) is 4. The van der Waals surface area contributed by atoms with Crippen molar-refractivity contribution >= 4 is 23.5 Å². The lowest BCUT2D eigenvalue weighted by Gasteiger charge is -2.48. The fourth-order valence-electron chi connectivity index (χ4n) is 4.97. The largest absolute Gasteiger partial charge is 0.444 e. The van der Waals surface area contributed by atoms with Crippen LogP contribution in [0.25, 0.3) is 0 Å². The molecule has 0 unspecified atom stereocenters. The molecule has 2 saturated heterocycles. The Morgan fingerprint density at radius 1 is 1.16 bits per heavy atom. The van der Waals surface area contributed by atoms with Crippen LogP contribution < -0.4 is 11.1 Å². The van der Waals surface area contributed by atoms with Crippen molar-refractivity contribution in [3.8, 4) is 0 Å². The van der Waals surface area contributed by atoms with E-state index in [9.17, 15) is 22.8 Å². The Balaban J connectivity index is 1.38. The number of aliphatic imine (C=N–C) groups is 1. The lowest BCUT2D eigenvalue weighted by Crippen LogP contribution is -2.60. The molecule has 202 valence electrons. The minimum atomic E-state index is -1.60. The van der Waals surface area contributed by atoms with Crippen molar-refractivity contribution in [2.75, 3.05) is 44.6 Å². The van der Waals surface area contributed by atoms with Gasteiger partial charge >= 0.3 is 12.1 Å². The number of benzene rings is 1. The lowest BCUT2D eigenvalue weighted by molar-refractivity contribution is -0.0295. The molecule has 1 atom stereocenters. The zero-order chi connectivity index (χ0) is 27.1. The van der Waals surface area contributed by atoms with Crippen LogP contribution in [0.4, 0.5) is 28.4 Å². The number of likely N-dealkylation sites (tertiary alicyclic amines) is 2. The minimum Gasteiger partial charge on any atom is -0.444 e. The van der Waals surface area contributed by atoms with Crippen LogP contribution in [0.15, 0.2) is 29.0 Å². The van der Waals surface area contributed by atoms with Crippen molar-refractivity contribution in [1.29, 1.82) is 0 Å². The van der Waals surface area contributed by atoms with E-state index in [-0.39, 0.29) is 29.8 Å². The molecule has 3 amide bonds. The van der Waals surface area contributed by atoms with Crippen molar-refractivity contribution in [2.45, 2.75) is 45.8 Å². The van der Waals surface area contributed by atoms with Gasteiger partial charge in [-0.1, -0.05) is 0 Å². The average molecular weight is 523 g/mol. The molecule has 3 aliphatic heterocycles. The number of hydrogen-bond acceptors (Lipinski definition) is 6. The highest BCUT2D eigenvalue weighted by Crippen LogP contribution is 2.41. The molecule has 0 bridgehead atoms. The Hall–Kier alpha value is -3.44. The quantitative estimate of drug-likeness (QED) is 0.592. The Labute approximate surface area is 214 Å². The van der Waals surface area contributed by atoms with Crippen LogP contribution in [0.2, 0.25) is 0 Å². The number of amides is 3. The molecule has 9 nitrogen and oxygen atoms in total. The number of nitrogens with two attached hydrogens (primary N) is 1. The van der Waals surface area contributed by atoms with E-state index in [0.29, 0.717) is 37.6 Å². The van der Waals surface area contributed by atoms with Crippen LogP contribution >= 0.6 is 0 Å². The van der Waals surface area contributed by atoms with Gasteiger partial charge in [0, 0.05) is 55.6 Å². The summed E-state index contributed by atoms with van der Waals surface area (Å²) in [7, 11) is 0. The standard InChI is InChI=1S/C25H33F3N6O3/c1-15-10-30-19(11-34(15)22(35)31-16-7-17(26)21(28)18(27)8-16)20(9-29)32-6-5-25(12-32)13-33(14-25)23(36)37-24(2,3)4/h7-9,15H,5-6,10-14,29H2,1-4H3,(H,31,35)/t15-/m0/s1. The first-order valence-corrected chi connectivity index (χ1v) is 12.2. The van der Waals surface area contributed by atoms with Gasteiger partial charge < -0.3 is 30.5 Å². The molecule has 2 fully saturated rings. The third-order valence-electron chi connectivity index (χ3n) is 6.83. The Morgan fingerprint density at radius 2 is 1.78 bits per heavy atom. The molecular weight excluding hydrogens is 489 g/mol. The highest BCUT2D eigenvalue weighted by molar-refractivity contribution is 6.04. The number of anilines is 1. The third kappa shape index (κ3) is 5.62. The number of urea groups is 1. The Kier molecular flexibility index (Phi) is 7.04. The number of nitrogens with one attached hydrogen (secondary N) is 1. The van der Waals surface area contributed by atoms with E-state index in [2.05, 4.69) is 15.2 Å². The summed E-state index contributed by atoms with van der Waals surface area (Å²) in [4.78, 5) is 35.2. The first kappa shape index (κ1) is 26.6. The summed E-state index contributed by atoms with van der Waals surface area (Å²) >= 11 is 0. The SMILES string of the molecule is C[C@H]1CN=C(C(=CN)N2CCC3(CN(C(=O)OC(C)(C)C)C3)C2)CN1C(=O)Nc1cc(F)c(F)c(F)c1. The van der Waals surface area contributed by atoms with Crippen LogP contribution in [-0.2, 0) is 4.74 Å². The first-order chi connectivity index (χ1) is 17.3. The summed E-state index contributed by atoms with van der Waals surface area (Å²) in [5, 5.41) is 2.43. The van der Waals surface area contributed by atoms with Gasteiger partial charge in [-0.25, -0.2) is 22.8 Å². The second-order valence-corrected chi connectivity index (χ2v) is 11.0. The molecule has 3 heterocycles. The first-order valence-electron chi connectivity index (χ1n) is 12.2. The monoisotopic (exact) mass is 522 g/mol. The number of carbonyl (C=O) groups is 2. The van der Waals surface area contributed by atoms with E-state index in [0.717, 1.165) is 25.1 Å². The molecule has 1 aromatic rings. The second-order valence-electron chi connectivity index (χ2n) is 11.0. The molecule has 0 radical (unpaired) electrons. The summed E-state index contributed by atoms with van der Waals surface area (Å²) in [6, 6.07) is 0.588. The van der Waals surface area contributed by atoms with Gasteiger partial charge in [0.05, 0.1) is 30.5 Å². The number of ether oxygens (including phenoxy) is 1. The minimum absolute atomic E-state index is 0.0541. The predicted molar refractivity (Wildman–Crippen MR) is 133 cm³/mol. The number of halogens is 3. The maximum atomic E-state index is 13.6. The fraction of sp³-hybridized carbons (Fsp3) is 0.560. The maximum absolute atomic E-state index is 13.6. The predicted octanol–water partition coefficient (Wildman–Crippen LogP) is 3.52. The Morgan fingerprint density at radius 3 is 2.38 bits per heavy atom. The van der Waals surface area contributed by atoms with Crippen LogP contribution in [-0.4, -0.2) is 83.4 Å². The van der Waals surface area contributed by atoms with Gasteiger partial charge in [0.15, 0.2) is 17.5 Å². The van der Waals surface area contributed by atoms with E-state index in [1.54, 1.807) is 4.90 Å². The molecule has 1 spiro atoms. The van der Waals surface area contributed by atoms with E-state index in [1.807, 2.05) is 27.7 Å². The lowest BCUT2D eigenvalue weighted by atomic mass is 9.79. The van der Waals surface area contributed by atoms with Crippen molar-refractivity contribution in [2.24, 2.45) is 16.1 Å². The molecule has 3 aliphatic rings. The molecule has 1 aromatic carbocycles. The molecular formula is C25H33F3N6O3. The third-order valence-corrected chi connectivity index (χ3v) is 6.83. The summed E-state index contributed by atoms with van der Waals surface area (Å²) in [5.74, 6) is -4.37. The second kappa shape index (κ2) is 9.79. The van der Waals surface area contributed by atoms with Gasteiger partial charge in [0.25, 0.3) is 0 Å². The zero-order valence-electron chi connectivity index (χ0n) is 21.5. The van der Waals surface area contributed by atoms with Crippen LogP contribution in [0.5, 0.6) is 0 Å². The van der Waals surface area contributed by atoms with Crippen LogP contribution in [0.1, 0.15) is 34.1 Å². The van der Waals surface area contributed by atoms with Crippen LogP contribution in [0, 0.1) is 22.9 Å². The summed E-state index contributed by atoms with van der Waals surface area (Å²) in [6.45, 7) is 10.4. The van der Waals surface area contributed by atoms with E-state index in [1.165, 1.54) is 11.1 Å². The van der Waals surface area contributed by atoms with Gasteiger partial charge in [-0.2, -0.15) is 0 Å². The zero-order valence-corrected chi connectivity index (χ0v) is 21.5. The molecule has 0 aliphatic carbocycles. The van der Waals surface area contributed by atoms with E-state index in [4.69, 9.17) is 10.5 Å². The van der Waals surface area contributed by atoms with Gasteiger partial charge in [-0.3, -0.25) is 4.99 Å². The highest BCUT2D eigenvalue weighted by Gasteiger charge is 2.51.